The van der Waals surface area contributed by atoms with E-state index in [1.165, 1.54) is 0 Å². The van der Waals surface area contributed by atoms with Crippen molar-refractivity contribution in [3.05, 3.63) is 71.1 Å². The summed E-state index contributed by atoms with van der Waals surface area (Å²) >= 11 is 1.61. The molecule has 0 radical (unpaired) electrons. The normalized spacial score (nSPS) is 15.4. The van der Waals surface area contributed by atoms with Crippen LogP contribution in [-0.4, -0.2) is 48.9 Å². The first-order valence-electron chi connectivity index (χ1n) is 10.6. The van der Waals surface area contributed by atoms with E-state index in [2.05, 4.69) is 4.90 Å². The lowest BCUT2D eigenvalue weighted by Gasteiger charge is -2.35. The van der Waals surface area contributed by atoms with Gasteiger partial charge in [-0.15, -0.1) is 11.3 Å². The standard InChI is InChI=1S/C24H24N4O2S2/c1-17-14-18(2)16-19(15-17)32(29,30)28-11-9-27(10-12-28)24-20-6-3-4-7-21(20)25-23(26-24)22-8-5-13-31-22/h3-8,13-16H,9-12H2,1-2H3. The number of fused-ring (bicyclic) bond motifs is 1. The fraction of sp³-hybridized carbons (Fsp3) is 0.250. The van der Waals surface area contributed by atoms with E-state index in [9.17, 15) is 8.42 Å². The lowest BCUT2D eigenvalue weighted by atomic mass is 10.2. The van der Waals surface area contributed by atoms with Crippen LogP contribution in [0, 0.1) is 13.8 Å². The maximum Gasteiger partial charge on any atom is 0.243 e. The van der Waals surface area contributed by atoms with Gasteiger partial charge in [-0.3, -0.25) is 0 Å². The summed E-state index contributed by atoms with van der Waals surface area (Å²) in [6, 6.07) is 17.5. The third kappa shape index (κ3) is 3.90. The molecule has 0 aliphatic carbocycles. The van der Waals surface area contributed by atoms with Crippen molar-refractivity contribution in [3.63, 3.8) is 0 Å². The number of sulfonamides is 1. The number of hydrogen-bond acceptors (Lipinski definition) is 6. The lowest BCUT2D eigenvalue weighted by Crippen LogP contribution is -2.49. The molecule has 3 heterocycles. The monoisotopic (exact) mass is 464 g/mol. The third-order valence-corrected chi connectivity index (χ3v) is 8.44. The smallest absolute Gasteiger partial charge is 0.243 e. The largest absolute Gasteiger partial charge is 0.353 e. The summed E-state index contributed by atoms with van der Waals surface area (Å²) in [5.74, 6) is 1.57. The zero-order valence-electron chi connectivity index (χ0n) is 18.0. The number of thiophene rings is 1. The van der Waals surface area contributed by atoms with Crippen molar-refractivity contribution in [1.82, 2.24) is 14.3 Å². The van der Waals surface area contributed by atoms with Gasteiger partial charge in [0.25, 0.3) is 0 Å². The molecular formula is C24H24N4O2S2. The highest BCUT2D eigenvalue weighted by Crippen LogP contribution is 2.30. The van der Waals surface area contributed by atoms with Gasteiger partial charge >= 0.3 is 0 Å². The Morgan fingerprint density at radius 1 is 0.875 bits per heavy atom. The molecule has 6 nitrogen and oxygen atoms in total. The van der Waals surface area contributed by atoms with Gasteiger partial charge in [-0.1, -0.05) is 24.3 Å². The Morgan fingerprint density at radius 3 is 2.28 bits per heavy atom. The fourth-order valence-corrected chi connectivity index (χ4v) is 6.46. The number of piperazine rings is 1. The van der Waals surface area contributed by atoms with Crippen molar-refractivity contribution in [2.45, 2.75) is 18.7 Å². The van der Waals surface area contributed by atoms with Gasteiger partial charge in [0.2, 0.25) is 10.0 Å². The van der Waals surface area contributed by atoms with Gasteiger partial charge in [0.1, 0.15) is 5.82 Å². The van der Waals surface area contributed by atoms with Crippen LogP contribution in [0.4, 0.5) is 5.82 Å². The lowest BCUT2D eigenvalue weighted by molar-refractivity contribution is 0.384. The summed E-state index contributed by atoms with van der Waals surface area (Å²) in [5.41, 5.74) is 2.80. The van der Waals surface area contributed by atoms with Crippen LogP contribution < -0.4 is 4.90 Å². The van der Waals surface area contributed by atoms with Crippen LogP contribution in [0.25, 0.3) is 21.6 Å². The Kier molecular flexibility index (Phi) is 5.44. The minimum Gasteiger partial charge on any atom is -0.353 e. The van der Waals surface area contributed by atoms with E-state index in [0.29, 0.717) is 36.9 Å². The molecule has 2 aromatic heterocycles. The van der Waals surface area contributed by atoms with Gasteiger partial charge < -0.3 is 4.90 Å². The van der Waals surface area contributed by atoms with Crippen LogP contribution in [0.2, 0.25) is 0 Å². The van der Waals surface area contributed by atoms with Crippen LogP contribution in [0.5, 0.6) is 0 Å². The van der Waals surface area contributed by atoms with E-state index in [1.807, 2.05) is 61.7 Å². The quantitative estimate of drug-likeness (QED) is 0.445. The molecule has 0 amide bonds. The van der Waals surface area contributed by atoms with Crippen molar-refractivity contribution >= 4 is 38.1 Å². The van der Waals surface area contributed by atoms with Crippen molar-refractivity contribution in [2.75, 3.05) is 31.1 Å². The Labute approximate surface area is 192 Å². The average molecular weight is 465 g/mol. The molecular weight excluding hydrogens is 440 g/mol. The molecule has 1 aliphatic rings. The van der Waals surface area contributed by atoms with E-state index in [0.717, 1.165) is 32.7 Å². The molecule has 1 aliphatic heterocycles. The maximum absolute atomic E-state index is 13.2. The second-order valence-electron chi connectivity index (χ2n) is 8.08. The van der Waals surface area contributed by atoms with Crippen molar-refractivity contribution in [3.8, 4) is 10.7 Å². The average Bonchev–Trinajstić information content (AvgIpc) is 3.33. The molecule has 8 heteroatoms. The highest BCUT2D eigenvalue weighted by Gasteiger charge is 2.30. The maximum atomic E-state index is 13.2. The Morgan fingerprint density at radius 2 is 1.59 bits per heavy atom. The second-order valence-corrected chi connectivity index (χ2v) is 11.0. The van der Waals surface area contributed by atoms with E-state index in [4.69, 9.17) is 9.97 Å². The van der Waals surface area contributed by atoms with Crippen LogP contribution in [0.15, 0.2) is 64.9 Å². The van der Waals surface area contributed by atoms with E-state index >= 15 is 0 Å². The minimum atomic E-state index is -3.52. The second kappa shape index (κ2) is 8.27. The van der Waals surface area contributed by atoms with Gasteiger partial charge in [0.05, 0.1) is 15.3 Å². The number of hydrogen-bond donors (Lipinski definition) is 0. The van der Waals surface area contributed by atoms with Gasteiger partial charge in [-0.05, 0) is 60.7 Å². The topological polar surface area (TPSA) is 66.4 Å². The fourth-order valence-electron chi connectivity index (χ4n) is 4.19. The molecule has 1 saturated heterocycles. The molecule has 0 atom stereocenters. The number of benzene rings is 2. The summed E-state index contributed by atoms with van der Waals surface area (Å²) in [6.07, 6.45) is 0. The summed E-state index contributed by atoms with van der Waals surface area (Å²) in [6.45, 7) is 5.85. The van der Waals surface area contributed by atoms with Crippen LogP contribution in [0.3, 0.4) is 0 Å². The number of rotatable bonds is 4. The third-order valence-electron chi connectivity index (χ3n) is 5.70. The number of aryl methyl sites for hydroxylation is 2. The summed E-state index contributed by atoms with van der Waals surface area (Å²) in [7, 11) is -3.52. The number of aromatic nitrogens is 2. The number of anilines is 1. The van der Waals surface area contributed by atoms with Gasteiger partial charge in [-0.2, -0.15) is 4.31 Å². The Hall–Kier alpha value is -2.81. The molecule has 2 aromatic carbocycles. The molecule has 0 spiro atoms. The van der Waals surface area contributed by atoms with Crippen LogP contribution >= 0.6 is 11.3 Å². The highest BCUT2D eigenvalue weighted by atomic mass is 32.2. The SMILES string of the molecule is Cc1cc(C)cc(S(=O)(=O)N2CCN(c3nc(-c4cccs4)nc4ccccc34)CC2)c1. The van der Waals surface area contributed by atoms with E-state index in [1.54, 1.807) is 27.8 Å². The molecule has 1 fully saturated rings. The number of para-hydroxylation sites is 1. The zero-order chi connectivity index (χ0) is 22.3. The van der Waals surface area contributed by atoms with Crippen LogP contribution in [0.1, 0.15) is 11.1 Å². The summed E-state index contributed by atoms with van der Waals surface area (Å²) in [5, 5.41) is 3.00. The first-order valence-corrected chi connectivity index (χ1v) is 12.9. The molecule has 0 bridgehead atoms. The molecule has 5 rings (SSSR count). The van der Waals surface area contributed by atoms with E-state index in [-0.39, 0.29) is 0 Å². The zero-order valence-corrected chi connectivity index (χ0v) is 19.7. The molecule has 0 saturated carbocycles. The molecule has 4 aromatic rings. The van der Waals surface area contributed by atoms with Crippen molar-refractivity contribution < 1.29 is 8.42 Å². The molecule has 32 heavy (non-hydrogen) atoms. The van der Waals surface area contributed by atoms with Crippen molar-refractivity contribution in [1.29, 1.82) is 0 Å². The molecule has 0 N–H and O–H groups in total. The van der Waals surface area contributed by atoms with E-state index < -0.39 is 10.0 Å². The molecule has 164 valence electrons. The first kappa shape index (κ1) is 21.1. The number of nitrogens with zero attached hydrogens (tertiary/aromatic N) is 4. The highest BCUT2D eigenvalue weighted by molar-refractivity contribution is 7.89. The predicted molar refractivity (Wildman–Crippen MR) is 130 cm³/mol. The van der Waals surface area contributed by atoms with Gasteiger partial charge in [0, 0.05) is 31.6 Å². The van der Waals surface area contributed by atoms with Crippen LogP contribution in [-0.2, 0) is 10.0 Å². The Bertz CT molecular complexity index is 1360. The minimum absolute atomic E-state index is 0.371. The summed E-state index contributed by atoms with van der Waals surface area (Å²) < 4.78 is 28.1. The molecule has 0 unspecified atom stereocenters. The Balaban J connectivity index is 1.44. The first-order chi connectivity index (χ1) is 15.4. The predicted octanol–water partition coefficient (Wildman–Crippen LogP) is 4.49. The van der Waals surface area contributed by atoms with Gasteiger partial charge in [-0.25, -0.2) is 18.4 Å². The van der Waals surface area contributed by atoms with Gasteiger partial charge in [0.15, 0.2) is 5.82 Å². The van der Waals surface area contributed by atoms with Crippen molar-refractivity contribution in [2.24, 2.45) is 0 Å². The summed E-state index contributed by atoms with van der Waals surface area (Å²) in [4.78, 5) is 13.2.